The number of benzene rings is 1. The van der Waals surface area contributed by atoms with Crippen molar-refractivity contribution in [3.8, 4) is 0 Å². The third-order valence-corrected chi connectivity index (χ3v) is 4.13. The summed E-state index contributed by atoms with van der Waals surface area (Å²) >= 11 is 12.1. The zero-order chi connectivity index (χ0) is 12.3. The van der Waals surface area contributed by atoms with Gasteiger partial charge in [-0.3, -0.25) is 0 Å². The van der Waals surface area contributed by atoms with Crippen molar-refractivity contribution in [2.45, 2.75) is 44.5 Å². The summed E-state index contributed by atoms with van der Waals surface area (Å²) in [6.45, 7) is 3.23. The van der Waals surface area contributed by atoms with Gasteiger partial charge in [-0.15, -0.1) is 11.6 Å². The molecule has 2 rings (SSSR count). The molecular formula is C14H19Cl2N. The van der Waals surface area contributed by atoms with Crippen molar-refractivity contribution in [1.29, 1.82) is 0 Å². The van der Waals surface area contributed by atoms with Gasteiger partial charge in [0.15, 0.2) is 0 Å². The molecule has 1 aliphatic carbocycles. The third kappa shape index (κ3) is 2.89. The van der Waals surface area contributed by atoms with E-state index >= 15 is 0 Å². The van der Waals surface area contributed by atoms with Gasteiger partial charge >= 0.3 is 0 Å². The topological polar surface area (TPSA) is 3.24 Å². The van der Waals surface area contributed by atoms with Crippen molar-refractivity contribution in [3.05, 3.63) is 28.8 Å². The Morgan fingerprint density at radius 3 is 2.59 bits per heavy atom. The lowest BCUT2D eigenvalue weighted by Gasteiger charge is -2.31. The minimum atomic E-state index is 0.551. The standard InChI is InChI=1S/C14H19Cl2N/c1-2-17(13-5-3-4-6-13)14-9-12(16)8-7-11(14)10-15/h7-9,13H,2-6,10H2,1H3. The Bertz CT molecular complexity index is 372. The highest BCUT2D eigenvalue weighted by Gasteiger charge is 2.23. The molecule has 0 amide bonds. The van der Waals surface area contributed by atoms with E-state index in [-0.39, 0.29) is 0 Å². The lowest BCUT2D eigenvalue weighted by atomic mass is 10.1. The van der Waals surface area contributed by atoms with Crippen LogP contribution < -0.4 is 4.90 Å². The maximum Gasteiger partial charge on any atom is 0.0494 e. The van der Waals surface area contributed by atoms with Crippen molar-refractivity contribution in [3.63, 3.8) is 0 Å². The monoisotopic (exact) mass is 271 g/mol. The highest BCUT2D eigenvalue weighted by Crippen LogP contribution is 2.32. The van der Waals surface area contributed by atoms with Crippen molar-refractivity contribution in [1.82, 2.24) is 0 Å². The van der Waals surface area contributed by atoms with Crippen molar-refractivity contribution in [2.24, 2.45) is 0 Å². The second-order valence-corrected chi connectivity index (χ2v) is 5.33. The summed E-state index contributed by atoms with van der Waals surface area (Å²) in [6.07, 6.45) is 5.28. The smallest absolute Gasteiger partial charge is 0.0494 e. The molecule has 0 aromatic heterocycles. The molecule has 1 fully saturated rings. The number of hydrogen-bond donors (Lipinski definition) is 0. The number of anilines is 1. The van der Waals surface area contributed by atoms with E-state index in [1.54, 1.807) is 0 Å². The Morgan fingerprint density at radius 1 is 1.29 bits per heavy atom. The normalized spacial score (nSPS) is 16.4. The maximum atomic E-state index is 6.11. The summed E-state index contributed by atoms with van der Waals surface area (Å²) in [5, 5.41) is 0.797. The fourth-order valence-corrected chi connectivity index (χ4v) is 3.15. The predicted octanol–water partition coefficient (Wildman–Crippen LogP) is 4.85. The van der Waals surface area contributed by atoms with E-state index in [9.17, 15) is 0 Å². The van der Waals surface area contributed by atoms with Crippen molar-refractivity contribution >= 4 is 28.9 Å². The van der Waals surface area contributed by atoms with Gasteiger partial charge in [0.25, 0.3) is 0 Å². The molecule has 1 nitrogen and oxygen atoms in total. The van der Waals surface area contributed by atoms with E-state index in [0.717, 1.165) is 11.6 Å². The summed E-state index contributed by atoms with van der Waals surface area (Å²) in [4.78, 5) is 2.47. The first-order chi connectivity index (χ1) is 8.26. The molecule has 0 radical (unpaired) electrons. The average Bonchev–Trinajstić information content (AvgIpc) is 2.84. The van der Waals surface area contributed by atoms with Crippen LogP contribution >= 0.6 is 23.2 Å². The number of halogens is 2. The molecule has 0 heterocycles. The fourth-order valence-electron chi connectivity index (χ4n) is 2.76. The maximum absolute atomic E-state index is 6.11. The van der Waals surface area contributed by atoms with Gasteiger partial charge in [-0.05, 0) is 37.5 Å². The summed E-state index contributed by atoms with van der Waals surface area (Å²) in [5.41, 5.74) is 2.41. The highest BCUT2D eigenvalue weighted by atomic mass is 35.5. The Kier molecular flexibility index (Phi) is 4.58. The van der Waals surface area contributed by atoms with Crippen LogP contribution in [0.5, 0.6) is 0 Å². The average molecular weight is 272 g/mol. The number of nitrogens with zero attached hydrogens (tertiary/aromatic N) is 1. The Labute approximate surface area is 114 Å². The van der Waals surface area contributed by atoms with Crippen LogP contribution in [0.1, 0.15) is 38.2 Å². The molecule has 17 heavy (non-hydrogen) atoms. The summed E-state index contributed by atoms with van der Waals surface area (Å²) < 4.78 is 0. The molecule has 1 saturated carbocycles. The summed E-state index contributed by atoms with van der Waals surface area (Å²) in [6, 6.07) is 6.69. The van der Waals surface area contributed by atoms with Gasteiger partial charge in [0.2, 0.25) is 0 Å². The molecule has 0 unspecified atom stereocenters. The van der Waals surface area contributed by atoms with Gasteiger partial charge in [0.05, 0.1) is 0 Å². The predicted molar refractivity (Wildman–Crippen MR) is 76.3 cm³/mol. The first-order valence-corrected chi connectivity index (χ1v) is 7.28. The zero-order valence-corrected chi connectivity index (χ0v) is 11.8. The molecule has 0 aliphatic heterocycles. The van der Waals surface area contributed by atoms with Gasteiger partial charge in [0.1, 0.15) is 0 Å². The van der Waals surface area contributed by atoms with Crippen molar-refractivity contribution < 1.29 is 0 Å². The molecule has 3 heteroatoms. The quantitative estimate of drug-likeness (QED) is 0.708. The molecule has 0 N–H and O–H groups in total. The zero-order valence-electron chi connectivity index (χ0n) is 10.3. The molecular weight excluding hydrogens is 253 g/mol. The Hall–Kier alpha value is -0.400. The third-order valence-electron chi connectivity index (χ3n) is 3.61. The molecule has 1 aliphatic rings. The Morgan fingerprint density at radius 2 is 2.00 bits per heavy atom. The number of alkyl halides is 1. The summed E-state index contributed by atoms with van der Waals surface area (Å²) in [7, 11) is 0. The summed E-state index contributed by atoms with van der Waals surface area (Å²) in [5.74, 6) is 0.551. The van der Waals surface area contributed by atoms with Crippen LogP contribution in [0.15, 0.2) is 18.2 Å². The van der Waals surface area contributed by atoms with Crippen LogP contribution in [-0.2, 0) is 5.88 Å². The molecule has 0 saturated heterocycles. The van der Waals surface area contributed by atoms with Gasteiger partial charge in [-0.2, -0.15) is 0 Å². The van der Waals surface area contributed by atoms with E-state index in [1.807, 2.05) is 12.1 Å². The molecule has 1 aromatic carbocycles. The van der Waals surface area contributed by atoms with E-state index in [4.69, 9.17) is 23.2 Å². The van der Waals surface area contributed by atoms with Crippen LogP contribution in [-0.4, -0.2) is 12.6 Å². The van der Waals surface area contributed by atoms with Crippen molar-refractivity contribution in [2.75, 3.05) is 11.4 Å². The minimum absolute atomic E-state index is 0.551. The van der Waals surface area contributed by atoms with Gasteiger partial charge in [-0.25, -0.2) is 0 Å². The van der Waals surface area contributed by atoms with E-state index in [1.165, 1.54) is 36.9 Å². The molecule has 1 aromatic rings. The lowest BCUT2D eigenvalue weighted by Crippen LogP contribution is -2.33. The second-order valence-electron chi connectivity index (χ2n) is 4.63. The van der Waals surface area contributed by atoms with E-state index in [0.29, 0.717) is 11.9 Å². The van der Waals surface area contributed by atoms with Crippen LogP contribution in [0.2, 0.25) is 5.02 Å². The SMILES string of the molecule is CCN(c1cc(Cl)ccc1CCl)C1CCCC1. The van der Waals surface area contributed by atoms with Crippen LogP contribution in [0.4, 0.5) is 5.69 Å². The fraction of sp³-hybridized carbons (Fsp3) is 0.571. The van der Waals surface area contributed by atoms with Crippen LogP contribution in [0.25, 0.3) is 0 Å². The highest BCUT2D eigenvalue weighted by molar-refractivity contribution is 6.31. The lowest BCUT2D eigenvalue weighted by molar-refractivity contribution is 0.618. The molecule has 94 valence electrons. The van der Waals surface area contributed by atoms with Crippen LogP contribution in [0, 0.1) is 0 Å². The number of hydrogen-bond acceptors (Lipinski definition) is 1. The van der Waals surface area contributed by atoms with E-state index in [2.05, 4.69) is 17.9 Å². The molecule has 0 bridgehead atoms. The molecule has 0 spiro atoms. The van der Waals surface area contributed by atoms with Gasteiger partial charge < -0.3 is 4.90 Å². The number of rotatable bonds is 4. The first-order valence-electron chi connectivity index (χ1n) is 6.37. The van der Waals surface area contributed by atoms with Gasteiger partial charge in [0, 0.05) is 29.2 Å². The minimum Gasteiger partial charge on any atom is -0.369 e. The van der Waals surface area contributed by atoms with E-state index < -0.39 is 0 Å². The van der Waals surface area contributed by atoms with Gasteiger partial charge in [-0.1, -0.05) is 30.5 Å². The second kappa shape index (κ2) is 5.97. The largest absolute Gasteiger partial charge is 0.369 e. The first kappa shape index (κ1) is 13.0. The Balaban J connectivity index is 2.31. The van der Waals surface area contributed by atoms with Crippen LogP contribution in [0.3, 0.4) is 0 Å². The molecule has 0 atom stereocenters.